The van der Waals surface area contributed by atoms with Crippen LogP contribution in [-0.4, -0.2) is 47.9 Å². The molecule has 0 unspecified atom stereocenters. The van der Waals surface area contributed by atoms with Crippen LogP contribution in [0.5, 0.6) is 0 Å². The average Bonchev–Trinajstić information content (AvgIpc) is 3.17. The van der Waals surface area contributed by atoms with Crippen molar-refractivity contribution in [2.45, 2.75) is 26.6 Å². The third-order valence-electron chi connectivity index (χ3n) is 4.73. The van der Waals surface area contributed by atoms with Crippen LogP contribution in [0.15, 0.2) is 65.3 Å². The molecular formula is C24H30N4O2. The summed E-state index contributed by atoms with van der Waals surface area (Å²) in [6, 6.07) is 18.8. The number of hydrogen-bond acceptors (Lipinski definition) is 5. The summed E-state index contributed by atoms with van der Waals surface area (Å²) in [5.74, 6) is 0.330. The Labute approximate surface area is 178 Å². The zero-order chi connectivity index (χ0) is 21.3. The predicted octanol–water partition coefficient (Wildman–Crippen LogP) is 3.48. The highest BCUT2D eigenvalue weighted by Gasteiger charge is 2.16. The second-order valence-corrected chi connectivity index (χ2v) is 7.81. The predicted molar refractivity (Wildman–Crippen MR) is 118 cm³/mol. The van der Waals surface area contributed by atoms with Crippen LogP contribution >= 0.6 is 0 Å². The number of likely N-dealkylation sites (N-methyl/N-ethyl adjacent to an activating group) is 1. The number of amides is 1. The monoisotopic (exact) mass is 406 g/mol. The number of nitrogens with zero attached hydrogens (tertiary/aromatic N) is 3. The molecule has 0 aliphatic rings. The van der Waals surface area contributed by atoms with Crippen molar-refractivity contribution in [3.05, 3.63) is 89.1 Å². The summed E-state index contributed by atoms with van der Waals surface area (Å²) >= 11 is 0. The van der Waals surface area contributed by atoms with Gasteiger partial charge in [-0.3, -0.25) is 9.69 Å². The van der Waals surface area contributed by atoms with Crippen molar-refractivity contribution in [1.29, 1.82) is 0 Å². The molecule has 0 saturated carbocycles. The molecule has 0 radical (unpaired) electrons. The molecule has 0 aliphatic heterocycles. The first-order valence-electron chi connectivity index (χ1n) is 10.2. The number of oxazole rings is 1. The molecule has 1 aromatic heterocycles. The molecule has 0 atom stereocenters. The van der Waals surface area contributed by atoms with Gasteiger partial charge in [0, 0.05) is 26.2 Å². The highest BCUT2D eigenvalue weighted by molar-refractivity contribution is 5.91. The maximum Gasteiger partial charge on any atom is 0.273 e. The van der Waals surface area contributed by atoms with Crippen molar-refractivity contribution in [3.63, 3.8) is 0 Å². The van der Waals surface area contributed by atoms with Gasteiger partial charge in [-0.2, -0.15) is 0 Å². The highest BCUT2D eigenvalue weighted by atomic mass is 16.3. The molecule has 158 valence electrons. The number of aromatic nitrogens is 1. The topological polar surface area (TPSA) is 61.6 Å². The first-order valence-corrected chi connectivity index (χ1v) is 10.2. The smallest absolute Gasteiger partial charge is 0.273 e. The Balaban J connectivity index is 1.68. The van der Waals surface area contributed by atoms with Gasteiger partial charge in [0.15, 0.2) is 5.69 Å². The van der Waals surface area contributed by atoms with Crippen molar-refractivity contribution in [2.75, 3.05) is 27.2 Å². The maximum absolute atomic E-state index is 12.3. The molecule has 1 heterocycles. The van der Waals surface area contributed by atoms with Crippen LogP contribution in [0.4, 0.5) is 0 Å². The summed E-state index contributed by atoms with van der Waals surface area (Å²) < 4.78 is 5.62. The van der Waals surface area contributed by atoms with Gasteiger partial charge in [0.25, 0.3) is 5.91 Å². The van der Waals surface area contributed by atoms with Gasteiger partial charge in [-0.1, -0.05) is 60.2 Å². The zero-order valence-electron chi connectivity index (χ0n) is 18.0. The van der Waals surface area contributed by atoms with Gasteiger partial charge in [0.1, 0.15) is 6.26 Å². The maximum atomic E-state index is 12.3. The Bertz CT molecular complexity index is 937. The average molecular weight is 407 g/mol. The number of aryl methyl sites for hydroxylation is 1. The van der Waals surface area contributed by atoms with Gasteiger partial charge in [0.05, 0.1) is 6.54 Å². The summed E-state index contributed by atoms with van der Waals surface area (Å²) in [5, 5.41) is 2.87. The van der Waals surface area contributed by atoms with Crippen molar-refractivity contribution < 1.29 is 9.21 Å². The SMILES string of the molecule is Cc1cccc(CN(Cc2ccccc2)Cc2nc(C(=O)NCCN(C)C)co2)c1. The number of carbonyl (C=O) groups excluding carboxylic acids is 1. The lowest BCUT2D eigenvalue weighted by molar-refractivity contribution is 0.0946. The Morgan fingerprint density at radius 3 is 2.47 bits per heavy atom. The molecule has 30 heavy (non-hydrogen) atoms. The number of carbonyl (C=O) groups is 1. The molecule has 0 saturated heterocycles. The minimum absolute atomic E-state index is 0.208. The van der Waals surface area contributed by atoms with E-state index in [-0.39, 0.29) is 5.91 Å². The van der Waals surface area contributed by atoms with Gasteiger partial charge in [-0.15, -0.1) is 0 Å². The molecule has 1 amide bonds. The molecule has 0 fully saturated rings. The van der Waals surface area contributed by atoms with E-state index in [2.05, 4.69) is 58.5 Å². The van der Waals surface area contributed by atoms with Crippen LogP contribution in [0.25, 0.3) is 0 Å². The lowest BCUT2D eigenvalue weighted by Gasteiger charge is -2.21. The van der Waals surface area contributed by atoms with Crippen molar-refractivity contribution in [3.8, 4) is 0 Å². The minimum atomic E-state index is -0.208. The van der Waals surface area contributed by atoms with E-state index in [4.69, 9.17) is 4.42 Å². The van der Waals surface area contributed by atoms with Gasteiger partial charge >= 0.3 is 0 Å². The van der Waals surface area contributed by atoms with E-state index in [1.165, 1.54) is 23.0 Å². The Morgan fingerprint density at radius 2 is 1.73 bits per heavy atom. The van der Waals surface area contributed by atoms with E-state index >= 15 is 0 Å². The Hall–Kier alpha value is -2.96. The van der Waals surface area contributed by atoms with E-state index in [9.17, 15) is 4.79 Å². The Kier molecular flexibility index (Phi) is 7.76. The van der Waals surface area contributed by atoms with E-state index in [1.807, 2.05) is 37.2 Å². The first-order chi connectivity index (χ1) is 14.5. The third kappa shape index (κ3) is 6.83. The normalized spacial score (nSPS) is 11.2. The van der Waals surface area contributed by atoms with Crippen LogP contribution < -0.4 is 5.32 Å². The lowest BCUT2D eigenvalue weighted by atomic mass is 10.1. The summed E-state index contributed by atoms with van der Waals surface area (Å²) in [4.78, 5) is 21.0. The van der Waals surface area contributed by atoms with E-state index < -0.39 is 0 Å². The fourth-order valence-corrected chi connectivity index (χ4v) is 3.24. The summed E-state index contributed by atoms with van der Waals surface area (Å²) in [6.45, 7) is 5.50. The van der Waals surface area contributed by atoms with E-state index in [0.717, 1.165) is 19.6 Å². The van der Waals surface area contributed by atoms with Crippen LogP contribution in [0.1, 0.15) is 33.1 Å². The van der Waals surface area contributed by atoms with Crippen molar-refractivity contribution >= 4 is 5.91 Å². The molecule has 0 aliphatic carbocycles. The van der Waals surface area contributed by atoms with Crippen LogP contribution in [-0.2, 0) is 19.6 Å². The third-order valence-corrected chi connectivity index (χ3v) is 4.73. The highest BCUT2D eigenvalue weighted by Crippen LogP contribution is 2.15. The summed E-state index contributed by atoms with van der Waals surface area (Å²) in [7, 11) is 3.94. The minimum Gasteiger partial charge on any atom is -0.447 e. The molecule has 3 rings (SSSR count). The van der Waals surface area contributed by atoms with Crippen LogP contribution in [0, 0.1) is 6.92 Å². The van der Waals surface area contributed by atoms with Gasteiger partial charge in [-0.25, -0.2) is 4.98 Å². The number of rotatable bonds is 10. The molecule has 6 heteroatoms. The zero-order valence-corrected chi connectivity index (χ0v) is 18.0. The molecule has 0 bridgehead atoms. The van der Waals surface area contributed by atoms with Crippen LogP contribution in [0.3, 0.4) is 0 Å². The standard InChI is InChI=1S/C24H30N4O2/c1-19-8-7-11-21(14-19)16-28(15-20-9-5-4-6-10-20)17-23-26-22(18-30-23)24(29)25-12-13-27(2)3/h4-11,14,18H,12-13,15-17H2,1-3H3,(H,25,29). The largest absolute Gasteiger partial charge is 0.447 e. The number of hydrogen-bond donors (Lipinski definition) is 1. The van der Waals surface area contributed by atoms with Crippen molar-refractivity contribution in [2.24, 2.45) is 0 Å². The Morgan fingerprint density at radius 1 is 1.00 bits per heavy atom. The van der Waals surface area contributed by atoms with Gasteiger partial charge in [0.2, 0.25) is 5.89 Å². The lowest BCUT2D eigenvalue weighted by Crippen LogP contribution is -2.31. The quantitative estimate of drug-likeness (QED) is 0.559. The number of nitrogens with one attached hydrogen (secondary N) is 1. The second kappa shape index (κ2) is 10.7. The van der Waals surface area contributed by atoms with E-state index in [0.29, 0.717) is 24.7 Å². The molecule has 0 spiro atoms. The van der Waals surface area contributed by atoms with Crippen molar-refractivity contribution in [1.82, 2.24) is 20.1 Å². The van der Waals surface area contributed by atoms with Gasteiger partial charge < -0.3 is 14.6 Å². The fraction of sp³-hybridized carbons (Fsp3) is 0.333. The van der Waals surface area contributed by atoms with Crippen LogP contribution in [0.2, 0.25) is 0 Å². The molecule has 3 aromatic rings. The molecule has 1 N–H and O–H groups in total. The fourth-order valence-electron chi connectivity index (χ4n) is 3.24. The van der Waals surface area contributed by atoms with E-state index in [1.54, 1.807) is 0 Å². The molecule has 2 aromatic carbocycles. The number of benzene rings is 2. The second-order valence-electron chi connectivity index (χ2n) is 7.81. The first kappa shape index (κ1) is 21.7. The van der Waals surface area contributed by atoms with Gasteiger partial charge in [-0.05, 0) is 32.1 Å². The summed E-state index contributed by atoms with van der Waals surface area (Å²) in [5.41, 5.74) is 4.01. The molecule has 6 nitrogen and oxygen atoms in total. The summed E-state index contributed by atoms with van der Waals surface area (Å²) in [6.07, 6.45) is 1.44. The molecular weight excluding hydrogens is 376 g/mol.